The molecule has 0 aliphatic carbocycles. The van der Waals surface area contributed by atoms with Crippen LogP contribution in [0.1, 0.15) is 9.67 Å². The predicted octanol–water partition coefficient (Wildman–Crippen LogP) is 3.90. The van der Waals surface area contributed by atoms with Crippen molar-refractivity contribution in [2.24, 2.45) is 0 Å². The molecule has 0 aliphatic heterocycles. The summed E-state index contributed by atoms with van der Waals surface area (Å²) >= 11 is 4.73. The van der Waals surface area contributed by atoms with E-state index in [0.717, 1.165) is 9.86 Å². The summed E-state index contributed by atoms with van der Waals surface area (Å²) in [6.45, 7) is 0. The fraction of sp³-hybridized carbons (Fsp3) is 0. The van der Waals surface area contributed by atoms with Crippen LogP contribution >= 0.6 is 27.3 Å². The van der Waals surface area contributed by atoms with Gasteiger partial charge in [-0.05, 0) is 29.6 Å². The molecule has 0 bridgehead atoms. The second-order valence-electron chi connectivity index (χ2n) is 3.60. The van der Waals surface area contributed by atoms with Gasteiger partial charge in [0.15, 0.2) is 11.4 Å². The van der Waals surface area contributed by atoms with E-state index in [-0.39, 0.29) is 5.91 Å². The number of rotatable bonds is 2. The zero-order valence-corrected chi connectivity index (χ0v) is 11.4. The van der Waals surface area contributed by atoms with Crippen molar-refractivity contribution in [3.8, 4) is 0 Å². The molecule has 0 radical (unpaired) electrons. The van der Waals surface area contributed by atoms with Gasteiger partial charge in [-0.2, -0.15) is 0 Å². The molecule has 0 saturated heterocycles. The van der Waals surface area contributed by atoms with Crippen molar-refractivity contribution in [1.29, 1.82) is 0 Å². The Kier molecular flexibility index (Phi) is 2.89. The molecule has 0 aliphatic rings. The van der Waals surface area contributed by atoms with Crippen LogP contribution in [0.5, 0.6) is 0 Å². The molecule has 0 saturated carbocycles. The number of hydrogen-bond acceptors (Lipinski definition) is 4. The Morgan fingerprint density at radius 1 is 1.39 bits per heavy atom. The zero-order valence-electron chi connectivity index (χ0n) is 9.01. The van der Waals surface area contributed by atoms with Crippen LogP contribution < -0.4 is 5.32 Å². The smallest absolute Gasteiger partial charge is 0.266 e. The van der Waals surface area contributed by atoms with Gasteiger partial charge >= 0.3 is 0 Å². The van der Waals surface area contributed by atoms with Crippen LogP contribution in [0.2, 0.25) is 0 Å². The summed E-state index contributed by atoms with van der Waals surface area (Å²) in [6, 6.07) is 9.12. The molecule has 18 heavy (non-hydrogen) atoms. The van der Waals surface area contributed by atoms with E-state index in [1.807, 2.05) is 29.6 Å². The molecule has 1 N–H and O–H groups in total. The van der Waals surface area contributed by atoms with Gasteiger partial charge in [0.1, 0.15) is 0 Å². The van der Waals surface area contributed by atoms with Crippen molar-refractivity contribution < 1.29 is 9.32 Å². The minimum atomic E-state index is -0.178. The van der Waals surface area contributed by atoms with E-state index in [9.17, 15) is 4.79 Å². The molecule has 0 unspecified atom stereocenters. The average Bonchev–Trinajstić information content (AvgIpc) is 2.98. The van der Waals surface area contributed by atoms with Gasteiger partial charge in [0.2, 0.25) is 0 Å². The van der Waals surface area contributed by atoms with E-state index in [0.29, 0.717) is 16.3 Å². The molecule has 1 aromatic carbocycles. The normalized spacial score (nSPS) is 10.7. The lowest BCUT2D eigenvalue weighted by Gasteiger charge is -1.98. The molecule has 2 aromatic heterocycles. The van der Waals surface area contributed by atoms with Crippen LogP contribution in [0.25, 0.3) is 11.0 Å². The molecule has 3 aromatic rings. The van der Waals surface area contributed by atoms with E-state index in [1.165, 1.54) is 11.3 Å². The topological polar surface area (TPSA) is 55.1 Å². The van der Waals surface area contributed by atoms with E-state index in [2.05, 4.69) is 26.4 Å². The van der Waals surface area contributed by atoms with Gasteiger partial charge in [0.05, 0.1) is 10.3 Å². The highest BCUT2D eigenvalue weighted by molar-refractivity contribution is 9.10. The number of carbonyl (C=O) groups excluding carboxylic acids is 1. The first-order valence-electron chi connectivity index (χ1n) is 5.14. The van der Waals surface area contributed by atoms with Gasteiger partial charge in [-0.3, -0.25) is 4.79 Å². The highest BCUT2D eigenvalue weighted by Gasteiger charge is 2.13. The Morgan fingerprint density at radius 2 is 2.28 bits per heavy atom. The average molecular weight is 323 g/mol. The summed E-state index contributed by atoms with van der Waals surface area (Å²) in [5.41, 5.74) is 0.630. The van der Waals surface area contributed by atoms with Crippen molar-refractivity contribution in [2.45, 2.75) is 0 Å². The lowest BCUT2D eigenvalue weighted by Crippen LogP contribution is -2.10. The standard InChI is InChI=1S/C12H7BrN2O2S/c13-7-3-4-8-9(6-7)17-15-11(8)14-12(16)10-2-1-5-18-10/h1-6H,(H,14,15,16). The summed E-state index contributed by atoms with van der Waals surface area (Å²) in [5.74, 6) is 0.263. The van der Waals surface area contributed by atoms with Crippen molar-refractivity contribution in [3.63, 3.8) is 0 Å². The van der Waals surface area contributed by atoms with E-state index in [1.54, 1.807) is 6.07 Å². The van der Waals surface area contributed by atoms with Gasteiger partial charge in [0.25, 0.3) is 5.91 Å². The molecule has 0 atom stereocenters. The van der Waals surface area contributed by atoms with Crippen molar-refractivity contribution in [3.05, 3.63) is 45.1 Å². The van der Waals surface area contributed by atoms with Crippen molar-refractivity contribution >= 4 is 50.0 Å². The van der Waals surface area contributed by atoms with Crippen LogP contribution in [0, 0.1) is 0 Å². The maximum absolute atomic E-state index is 11.9. The predicted molar refractivity (Wildman–Crippen MR) is 74.0 cm³/mol. The Morgan fingerprint density at radius 3 is 3.06 bits per heavy atom. The number of carbonyl (C=O) groups is 1. The van der Waals surface area contributed by atoms with Gasteiger partial charge in [-0.25, -0.2) is 0 Å². The summed E-state index contributed by atoms with van der Waals surface area (Å²) in [4.78, 5) is 12.5. The van der Waals surface area contributed by atoms with Crippen LogP contribution in [-0.4, -0.2) is 11.1 Å². The Bertz CT molecular complexity index is 706. The van der Waals surface area contributed by atoms with Crippen LogP contribution in [0.3, 0.4) is 0 Å². The van der Waals surface area contributed by atoms with E-state index < -0.39 is 0 Å². The monoisotopic (exact) mass is 322 g/mol. The number of halogens is 1. The zero-order chi connectivity index (χ0) is 12.5. The molecule has 6 heteroatoms. The molecule has 3 rings (SSSR count). The number of benzene rings is 1. The van der Waals surface area contributed by atoms with Crippen molar-refractivity contribution in [1.82, 2.24) is 5.16 Å². The third-order valence-corrected chi connectivity index (χ3v) is 3.77. The third-order valence-electron chi connectivity index (χ3n) is 2.41. The van der Waals surface area contributed by atoms with Gasteiger partial charge in [-0.1, -0.05) is 27.2 Å². The van der Waals surface area contributed by atoms with Crippen LogP contribution in [0.15, 0.2) is 44.7 Å². The minimum absolute atomic E-state index is 0.178. The molecule has 2 heterocycles. The second kappa shape index (κ2) is 4.55. The van der Waals surface area contributed by atoms with Gasteiger partial charge in [0, 0.05) is 4.47 Å². The molecule has 0 spiro atoms. The van der Waals surface area contributed by atoms with Crippen LogP contribution in [0.4, 0.5) is 5.82 Å². The Hall–Kier alpha value is -1.66. The lowest BCUT2D eigenvalue weighted by atomic mass is 10.2. The Labute approximate surface area is 115 Å². The lowest BCUT2D eigenvalue weighted by molar-refractivity contribution is 0.103. The summed E-state index contributed by atoms with van der Waals surface area (Å²) in [6.07, 6.45) is 0. The Balaban J connectivity index is 1.94. The highest BCUT2D eigenvalue weighted by Crippen LogP contribution is 2.26. The van der Waals surface area contributed by atoms with Gasteiger partial charge in [-0.15, -0.1) is 11.3 Å². The maximum Gasteiger partial charge on any atom is 0.266 e. The maximum atomic E-state index is 11.9. The highest BCUT2D eigenvalue weighted by atomic mass is 79.9. The van der Waals surface area contributed by atoms with Gasteiger partial charge < -0.3 is 9.84 Å². The summed E-state index contributed by atoms with van der Waals surface area (Å²) in [5, 5.41) is 9.24. The second-order valence-corrected chi connectivity index (χ2v) is 5.47. The number of hydrogen-bond donors (Lipinski definition) is 1. The number of thiophene rings is 1. The molecule has 1 amide bonds. The van der Waals surface area contributed by atoms with Crippen LogP contribution in [-0.2, 0) is 0 Å². The SMILES string of the molecule is O=C(Nc1noc2cc(Br)ccc12)c1cccs1. The number of fused-ring (bicyclic) bond motifs is 1. The number of nitrogens with one attached hydrogen (secondary N) is 1. The van der Waals surface area contributed by atoms with E-state index >= 15 is 0 Å². The van der Waals surface area contributed by atoms with Crippen molar-refractivity contribution in [2.75, 3.05) is 5.32 Å². The fourth-order valence-corrected chi connectivity index (χ4v) is 2.54. The first-order chi connectivity index (χ1) is 8.74. The fourth-order valence-electron chi connectivity index (χ4n) is 1.58. The van der Waals surface area contributed by atoms with E-state index in [4.69, 9.17) is 4.52 Å². The number of aromatic nitrogens is 1. The first kappa shape index (κ1) is 11.4. The largest absolute Gasteiger partial charge is 0.354 e. The minimum Gasteiger partial charge on any atom is -0.354 e. The molecule has 90 valence electrons. The molecular formula is C12H7BrN2O2S. The summed E-state index contributed by atoms with van der Waals surface area (Å²) < 4.78 is 6.06. The summed E-state index contributed by atoms with van der Waals surface area (Å²) in [7, 11) is 0. The quantitative estimate of drug-likeness (QED) is 0.778. The molecule has 0 fully saturated rings. The number of amides is 1. The first-order valence-corrected chi connectivity index (χ1v) is 6.81. The third kappa shape index (κ3) is 2.04. The molecule has 4 nitrogen and oxygen atoms in total. The number of nitrogens with zero attached hydrogens (tertiary/aromatic N) is 1. The number of anilines is 1. The molecular weight excluding hydrogens is 316 g/mol.